The van der Waals surface area contributed by atoms with Crippen LogP contribution in [0.3, 0.4) is 0 Å². The van der Waals surface area contributed by atoms with Crippen LogP contribution in [0.1, 0.15) is 18.1 Å². The minimum Gasteiger partial charge on any atom is -0.497 e. The number of anilines is 1. The lowest BCUT2D eigenvalue weighted by atomic mass is 10.1. The molecule has 2 aromatic carbocycles. The predicted molar refractivity (Wildman–Crippen MR) is 102 cm³/mol. The van der Waals surface area contributed by atoms with E-state index < -0.39 is 18.0 Å². The summed E-state index contributed by atoms with van der Waals surface area (Å²) in [6, 6.07) is 16.8. The summed E-state index contributed by atoms with van der Waals surface area (Å²) >= 11 is 0. The molecule has 0 fully saturated rings. The van der Waals surface area contributed by atoms with Crippen molar-refractivity contribution in [2.24, 2.45) is 0 Å². The second-order valence-electron chi connectivity index (χ2n) is 5.67. The van der Waals surface area contributed by atoms with E-state index in [0.29, 0.717) is 22.6 Å². The molecular weight excluding hydrogens is 358 g/mol. The van der Waals surface area contributed by atoms with Crippen LogP contribution in [-0.4, -0.2) is 25.1 Å². The zero-order chi connectivity index (χ0) is 20.5. The number of nitrogens with one attached hydrogen (secondary N) is 1. The predicted octanol–water partition coefficient (Wildman–Crippen LogP) is 3.04. The van der Waals surface area contributed by atoms with Gasteiger partial charge in [0.25, 0.3) is 5.91 Å². The summed E-state index contributed by atoms with van der Waals surface area (Å²) in [5.41, 5.74) is 1.26. The summed E-state index contributed by atoms with van der Waals surface area (Å²) in [6.45, 7) is 1.40. The van der Waals surface area contributed by atoms with Crippen molar-refractivity contribution in [3.05, 3.63) is 65.2 Å². The molecule has 0 aliphatic rings. The van der Waals surface area contributed by atoms with E-state index in [0.717, 1.165) is 0 Å². The van der Waals surface area contributed by atoms with E-state index in [9.17, 15) is 14.9 Å². The molecule has 140 valence electrons. The summed E-state index contributed by atoms with van der Waals surface area (Å²) in [5.74, 6) is -0.890. The number of carbonyl (C=O) groups excluding carboxylic acids is 2. The molecule has 0 radical (unpaired) electrons. The van der Waals surface area contributed by atoms with E-state index in [1.54, 1.807) is 54.6 Å². The van der Waals surface area contributed by atoms with Gasteiger partial charge in [0, 0.05) is 5.69 Å². The van der Waals surface area contributed by atoms with Gasteiger partial charge in [-0.2, -0.15) is 10.5 Å². The second-order valence-corrected chi connectivity index (χ2v) is 5.67. The normalized spacial score (nSPS) is 11.5. The number of amides is 1. The molecule has 1 N–H and O–H groups in total. The van der Waals surface area contributed by atoms with Crippen molar-refractivity contribution in [3.8, 4) is 17.9 Å². The topological polar surface area (TPSA) is 112 Å². The highest BCUT2D eigenvalue weighted by molar-refractivity contribution is 6.01. The third-order valence-corrected chi connectivity index (χ3v) is 3.68. The Kier molecular flexibility index (Phi) is 6.90. The highest BCUT2D eigenvalue weighted by Crippen LogP contribution is 2.16. The fourth-order valence-corrected chi connectivity index (χ4v) is 2.18. The summed E-state index contributed by atoms with van der Waals surface area (Å²) in [6.07, 6.45) is 0.237. The molecule has 7 nitrogen and oxygen atoms in total. The molecule has 0 bridgehead atoms. The van der Waals surface area contributed by atoms with Crippen LogP contribution in [0.2, 0.25) is 0 Å². The van der Waals surface area contributed by atoms with Gasteiger partial charge in [0.15, 0.2) is 6.10 Å². The number of ether oxygens (including phenoxy) is 2. The molecule has 0 aliphatic carbocycles. The Balaban J connectivity index is 2.04. The molecule has 0 aliphatic heterocycles. The minimum atomic E-state index is -1.12. The largest absolute Gasteiger partial charge is 0.497 e. The van der Waals surface area contributed by atoms with Crippen molar-refractivity contribution in [1.82, 2.24) is 0 Å². The van der Waals surface area contributed by atoms with Gasteiger partial charge >= 0.3 is 5.97 Å². The summed E-state index contributed by atoms with van der Waals surface area (Å²) < 4.78 is 10.2. The average Bonchev–Trinajstić information content (AvgIpc) is 2.72. The zero-order valence-electron chi connectivity index (χ0n) is 15.3. The second kappa shape index (κ2) is 9.56. The molecule has 28 heavy (non-hydrogen) atoms. The number of rotatable bonds is 6. The van der Waals surface area contributed by atoms with Crippen molar-refractivity contribution in [1.29, 1.82) is 10.5 Å². The molecule has 0 saturated heterocycles. The molecule has 2 aromatic rings. The van der Waals surface area contributed by atoms with Crippen molar-refractivity contribution >= 4 is 23.6 Å². The van der Waals surface area contributed by atoms with Gasteiger partial charge in [-0.25, -0.2) is 4.79 Å². The first kappa shape index (κ1) is 20.2. The molecule has 0 spiro atoms. The number of esters is 1. The van der Waals surface area contributed by atoms with E-state index in [1.807, 2.05) is 6.07 Å². The number of nitrogens with zero attached hydrogens (tertiary/aromatic N) is 2. The van der Waals surface area contributed by atoms with Crippen molar-refractivity contribution in [2.45, 2.75) is 13.0 Å². The van der Waals surface area contributed by atoms with Crippen molar-refractivity contribution in [3.63, 3.8) is 0 Å². The fourth-order valence-electron chi connectivity index (χ4n) is 2.18. The standard InChI is InChI=1S/C21H17N3O4/c1-14(20(25)24-18-8-6-15(12-22)7-9-18)28-21(26)17(13-23)10-16-4-3-5-19(11-16)27-2/h3-11,14H,1-2H3,(H,24,25)/b17-10+/t14-/m1/s1. The highest BCUT2D eigenvalue weighted by Gasteiger charge is 2.20. The number of benzene rings is 2. The van der Waals surface area contributed by atoms with Gasteiger partial charge in [-0.3, -0.25) is 4.79 Å². The molecule has 1 atom stereocenters. The minimum absolute atomic E-state index is 0.244. The number of carbonyl (C=O) groups is 2. The smallest absolute Gasteiger partial charge is 0.349 e. The lowest BCUT2D eigenvalue weighted by Gasteiger charge is -2.13. The lowest BCUT2D eigenvalue weighted by Crippen LogP contribution is -2.30. The molecule has 1 amide bonds. The molecule has 0 heterocycles. The first-order valence-corrected chi connectivity index (χ1v) is 8.24. The fraction of sp³-hybridized carbons (Fsp3) is 0.143. The Bertz CT molecular complexity index is 982. The van der Waals surface area contributed by atoms with Crippen molar-refractivity contribution < 1.29 is 19.1 Å². The van der Waals surface area contributed by atoms with Gasteiger partial charge in [0.2, 0.25) is 0 Å². The third kappa shape index (κ3) is 5.45. The zero-order valence-corrected chi connectivity index (χ0v) is 15.3. The number of methoxy groups -OCH3 is 1. The number of hydrogen-bond acceptors (Lipinski definition) is 6. The molecule has 0 saturated carbocycles. The van der Waals surface area contributed by atoms with Crippen LogP contribution < -0.4 is 10.1 Å². The molecule has 2 rings (SSSR count). The van der Waals surface area contributed by atoms with E-state index in [-0.39, 0.29) is 5.57 Å². The van der Waals surface area contributed by atoms with Crippen LogP contribution in [0.4, 0.5) is 5.69 Å². The van der Waals surface area contributed by atoms with Crippen LogP contribution >= 0.6 is 0 Å². The van der Waals surface area contributed by atoms with Gasteiger partial charge in [-0.1, -0.05) is 12.1 Å². The van der Waals surface area contributed by atoms with Gasteiger partial charge < -0.3 is 14.8 Å². The average molecular weight is 375 g/mol. The molecule has 0 unspecified atom stereocenters. The van der Waals surface area contributed by atoms with Gasteiger partial charge in [-0.15, -0.1) is 0 Å². The quantitative estimate of drug-likeness (QED) is 0.472. The Morgan fingerprint density at radius 3 is 2.46 bits per heavy atom. The maximum absolute atomic E-state index is 12.2. The van der Waals surface area contributed by atoms with Gasteiger partial charge in [0.05, 0.1) is 18.7 Å². The van der Waals surface area contributed by atoms with Crippen molar-refractivity contribution in [2.75, 3.05) is 12.4 Å². The van der Waals surface area contributed by atoms with Gasteiger partial charge in [-0.05, 0) is 55.0 Å². The summed E-state index contributed by atoms with van der Waals surface area (Å²) in [7, 11) is 1.51. The Labute approximate surface area is 162 Å². The first-order valence-electron chi connectivity index (χ1n) is 8.24. The van der Waals surface area contributed by atoms with Crippen LogP contribution in [0.5, 0.6) is 5.75 Å². The SMILES string of the molecule is COc1cccc(/C=C(\C#N)C(=O)O[C@H](C)C(=O)Nc2ccc(C#N)cc2)c1. The van der Waals surface area contributed by atoms with Crippen LogP contribution in [0.25, 0.3) is 6.08 Å². The van der Waals surface area contributed by atoms with Crippen LogP contribution in [-0.2, 0) is 14.3 Å². The molecular formula is C21H17N3O4. The Hall–Kier alpha value is -4.10. The number of hydrogen-bond donors (Lipinski definition) is 1. The van der Waals surface area contributed by atoms with E-state index in [4.69, 9.17) is 14.7 Å². The summed E-state index contributed by atoms with van der Waals surface area (Å²) in [4.78, 5) is 24.4. The van der Waals surface area contributed by atoms with E-state index in [2.05, 4.69) is 5.32 Å². The Morgan fingerprint density at radius 1 is 1.14 bits per heavy atom. The Morgan fingerprint density at radius 2 is 1.86 bits per heavy atom. The third-order valence-electron chi connectivity index (χ3n) is 3.68. The van der Waals surface area contributed by atoms with E-state index >= 15 is 0 Å². The van der Waals surface area contributed by atoms with Crippen LogP contribution in [0, 0.1) is 22.7 Å². The molecule has 0 aromatic heterocycles. The van der Waals surface area contributed by atoms with Crippen LogP contribution in [0.15, 0.2) is 54.1 Å². The summed E-state index contributed by atoms with van der Waals surface area (Å²) in [5, 5.41) is 20.6. The monoisotopic (exact) mass is 375 g/mol. The molecule has 7 heteroatoms. The maximum Gasteiger partial charge on any atom is 0.349 e. The number of nitriles is 2. The maximum atomic E-state index is 12.2. The highest BCUT2D eigenvalue weighted by atomic mass is 16.5. The lowest BCUT2D eigenvalue weighted by molar-refractivity contribution is -0.148. The first-order chi connectivity index (χ1) is 13.5. The van der Waals surface area contributed by atoms with Gasteiger partial charge in [0.1, 0.15) is 17.4 Å². The van der Waals surface area contributed by atoms with E-state index in [1.165, 1.54) is 20.1 Å².